The highest BCUT2D eigenvalue weighted by atomic mass is 16.5. The molecule has 1 fully saturated rings. The molecule has 0 aromatic heterocycles. The summed E-state index contributed by atoms with van der Waals surface area (Å²) in [6.45, 7) is 4.09. The number of hydrogen-bond donors (Lipinski definition) is 1. The number of carbonyl (C=O) groups is 1. The Balaban J connectivity index is 1.80. The maximum absolute atomic E-state index is 11.9. The van der Waals surface area contributed by atoms with Gasteiger partial charge in [-0.05, 0) is 12.1 Å². The number of methoxy groups -OCH3 is 1. The van der Waals surface area contributed by atoms with Gasteiger partial charge in [0.05, 0.1) is 26.0 Å². The van der Waals surface area contributed by atoms with Crippen molar-refractivity contribution in [3.8, 4) is 5.75 Å². The number of amides is 1. The number of benzene rings is 1. The van der Waals surface area contributed by atoms with Gasteiger partial charge in [0.15, 0.2) is 0 Å². The zero-order chi connectivity index (χ0) is 13.5. The van der Waals surface area contributed by atoms with Crippen LogP contribution >= 0.6 is 0 Å². The lowest BCUT2D eigenvalue weighted by Gasteiger charge is -2.26. The van der Waals surface area contributed by atoms with Crippen molar-refractivity contribution in [2.75, 3.05) is 45.3 Å². The molecule has 1 aliphatic rings. The van der Waals surface area contributed by atoms with Crippen molar-refractivity contribution in [2.45, 2.75) is 6.42 Å². The van der Waals surface area contributed by atoms with E-state index in [1.807, 2.05) is 24.3 Å². The highest BCUT2D eigenvalue weighted by molar-refractivity contribution is 5.92. The maximum Gasteiger partial charge on any atom is 0.225 e. The van der Waals surface area contributed by atoms with Crippen molar-refractivity contribution < 1.29 is 14.3 Å². The van der Waals surface area contributed by atoms with E-state index in [2.05, 4.69) is 10.2 Å². The van der Waals surface area contributed by atoms with E-state index in [-0.39, 0.29) is 5.91 Å². The molecule has 1 saturated heterocycles. The molecule has 2 rings (SSSR count). The Hall–Kier alpha value is -1.59. The minimum absolute atomic E-state index is 0.0102. The van der Waals surface area contributed by atoms with Crippen LogP contribution in [0.15, 0.2) is 24.3 Å². The predicted octanol–water partition coefficient (Wildman–Crippen LogP) is 1.36. The molecule has 1 aromatic rings. The topological polar surface area (TPSA) is 50.8 Å². The molecule has 0 atom stereocenters. The average molecular weight is 264 g/mol. The highest BCUT2D eigenvalue weighted by Crippen LogP contribution is 2.23. The van der Waals surface area contributed by atoms with Crippen LogP contribution in [0.2, 0.25) is 0 Å². The van der Waals surface area contributed by atoms with Gasteiger partial charge in [0.25, 0.3) is 0 Å². The van der Waals surface area contributed by atoms with Crippen LogP contribution in [0.3, 0.4) is 0 Å². The summed E-state index contributed by atoms with van der Waals surface area (Å²) in [5.74, 6) is 0.693. The number of ether oxygens (including phenoxy) is 2. The number of para-hydroxylation sites is 2. The van der Waals surface area contributed by atoms with E-state index < -0.39 is 0 Å². The fraction of sp³-hybridized carbons (Fsp3) is 0.500. The molecule has 1 amide bonds. The van der Waals surface area contributed by atoms with Crippen LogP contribution in [0.5, 0.6) is 5.75 Å². The second-order valence-electron chi connectivity index (χ2n) is 4.45. The quantitative estimate of drug-likeness (QED) is 0.872. The van der Waals surface area contributed by atoms with E-state index in [0.717, 1.165) is 38.5 Å². The molecule has 1 N–H and O–H groups in total. The highest BCUT2D eigenvalue weighted by Gasteiger charge is 2.12. The molecule has 5 nitrogen and oxygen atoms in total. The molecule has 0 radical (unpaired) electrons. The third-order valence-corrected chi connectivity index (χ3v) is 3.14. The van der Waals surface area contributed by atoms with E-state index >= 15 is 0 Å². The van der Waals surface area contributed by atoms with Crippen LogP contribution in [0.4, 0.5) is 5.69 Å². The van der Waals surface area contributed by atoms with Gasteiger partial charge in [0.1, 0.15) is 5.75 Å². The van der Waals surface area contributed by atoms with Crippen molar-refractivity contribution in [1.29, 1.82) is 0 Å². The standard InChI is InChI=1S/C14H20N2O3/c1-18-13-5-3-2-4-12(13)15-14(17)6-7-16-8-10-19-11-9-16/h2-5H,6-11H2,1H3,(H,15,17). The van der Waals surface area contributed by atoms with Gasteiger partial charge in [0, 0.05) is 26.1 Å². The van der Waals surface area contributed by atoms with E-state index in [9.17, 15) is 4.79 Å². The van der Waals surface area contributed by atoms with Crippen molar-refractivity contribution in [3.05, 3.63) is 24.3 Å². The van der Waals surface area contributed by atoms with E-state index in [1.165, 1.54) is 0 Å². The molecule has 0 aliphatic carbocycles. The molecule has 1 aliphatic heterocycles. The van der Waals surface area contributed by atoms with Crippen LogP contribution in [0, 0.1) is 0 Å². The minimum Gasteiger partial charge on any atom is -0.495 e. The molecule has 0 unspecified atom stereocenters. The Kier molecular flexibility index (Phi) is 5.18. The lowest BCUT2D eigenvalue weighted by atomic mass is 10.2. The van der Waals surface area contributed by atoms with Gasteiger partial charge in [-0.3, -0.25) is 9.69 Å². The Morgan fingerprint density at radius 1 is 1.37 bits per heavy atom. The Morgan fingerprint density at radius 2 is 2.11 bits per heavy atom. The molecular weight excluding hydrogens is 244 g/mol. The van der Waals surface area contributed by atoms with Gasteiger partial charge in [-0.2, -0.15) is 0 Å². The van der Waals surface area contributed by atoms with Gasteiger partial charge in [-0.25, -0.2) is 0 Å². The van der Waals surface area contributed by atoms with Crippen molar-refractivity contribution in [2.24, 2.45) is 0 Å². The summed E-state index contributed by atoms with van der Waals surface area (Å²) in [5, 5.41) is 2.88. The van der Waals surface area contributed by atoms with E-state index in [4.69, 9.17) is 9.47 Å². The van der Waals surface area contributed by atoms with Crippen LogP contribution in [-0.4, -0.2) is 50.8 Å². The third kappa shape index (κ3) is 4.22. The van der Waals surface area contributed by atoms with Crippen LogP contribution in [0.1, 0.15) is 6.42 Å². The van der Waals surface area contributed by atoms with Gasteiger partial charge in [-0.15, -0.1) is 0 Å². The summed E-state index contributed by atoms with van der Waals surface area (Å²) < 4.78 is 10.5. The van der Waals surface area contributed by atoms with Crippen molar-refractivity contribution >= 4 is 11.6 Å². The largest absolute Gasteiger partial charge is 0.495 e. The van der Waals surface area contributed by atoms with Gasteiger partial charge in [0.2, 0.25) is 5.91 Å². The summed E-state index contributed by atoms with van der Waals surface area (Å²) in [4.78, 5) is 14.1. The fourth-order valence-electron chi connectivity index (χ4n) is 2.05. The molecular formula is C14H20N2O3. The summed E-state index contributed by atoms with van der Waals surface area (Å²) in [6, 6.07) is 7.42. The first-order valence-electron chi connectivity index (χ1n) is 6.52. The molecule has 104 valence electrons. The first kappa shape index (κ1) is 13.8. The Morgan fingerprint density at radius 3 is 2.84 bits per heavy atom. The second kappa shape index (κ2) is 7.11. The molecule has 0 saturated carbocycles. The second-order valence-corrected chi connectivity index (χ2v) is 4.45. The molecule has 1 heterocycles. The molecule has 1 aromatic carbocycles. The van der Waals surface area contributed by atoms with E-state index in [0.29, 0.717) is 12.2 Å². The van der Waals surface area contributed by atoms with Crippen LogP contribution < -0.4 is 10.1 Å². The third-order valence-electron chi connectivity index (χ3n) is 3.14. The average Bonchev–Trinajstić information content (AvgIpc) is 2.47. The lowest BCUT2D eigenvalue weighted by molar-refractivity contribution is -0.116. The summed E-state index contributed by atoms with van der Waals surface area (Å²) in [6.07, 6.45) is 0.484. The van der Waals surface area contributed by atoms with E-state index in [1.54, 1.807) is 7.11 Å². The monoisotopic (exact) mass is 264 g/mol. The van der Waals surface area contributed by atoms with Crippen LogP contribution in [0.25, 0.3) is 0 Å². The minimum atomic E-state index is 0.0102. The first-order valence-corrected chi connectivity index (χ1v) is 6.52. The lowest BCUT2D eigenvalue weighted by Crippen LogP contribution is -2.38. The molecule has 19 heavy (non-hydrogen) atoms. The van der Waals surface area contributed by atoms with Crippen molar-refractivity contribution in [1.82, 2.24) is 4.90 Å². The number of nitrogens with one attached hydrogen (secondary N) is 1. The normalized spacial score (nSPS) is 16.1. The zero-order valence-electron chi connectivity index (χ0n) is 11.2. The molecule has 0 bridgehead atoms. The van der Waals surface area contributed by atoms with Crippen LogP contribution in [-0.2, 0) is 9.53 Å². The number of morpholine rings is 1. The smallest absolute Gasteiger partial charge is 0.225 e. The number of anilines is 1. The van der Waals surface area contributed by atoms with Crippen molar-refractivity contribution in [3.63, 3.8) is 0 Å². The fourth-order valence-corrected chi connectivity index (χ4v) is 2.05. The van der Waals surface area contributed by atoms with Gasteiger partial charge >= 0.3 is 0 Å². The SMILES string of the molecule is COc1ccccc1NC(=O)CCN1CCOCC1. The maximum atomic E-state index is 11.9. The summed E-state index contributed by atoms with van der Waals surface area (Å²) in [7, 11) is 1.60. The Bertz CT molecular complexity index is 417. The van der Waals surface area contributed by atoms with Gasteiger partial charge < -0.3 is 14.8 Å². The first-order chi connectivity index (χ1) is 9.29. The summed E-state index contributed by atoms with van der Waals surface area (Å²) in [5.41, 5.74) is 0.719. The molecule has 0 spiro atoms. The molecule has 5 heteroatoms. The number of hydrogen-bond acceptors (Lipinski definition) is 4. The Labute approximate surface area is 113 Å². The number of carbonyl (C=O) groups excluding carboxylic acids is 1. The predicted molar refractivity (Wildman–Crippen MR) is 73.5 cm³/mol. The summed E-state index contributed by atoms with van der Waals surface area (Å²) >= 11 is 0. The van der Waals surface area contributed by atoms with Gasteiger partial charge in [-0.1, -0.05) is 12.1 Å². The zero-order valence-corrected chi connectivity index (χ0v) is 11.2. The number of nitrogens with zero attached hydrogens (tertiary/aromatic N) is 1. The number of rotatable bonds is 5.